The molecular weight excluding hydrogens is 252 g/mol. The van der Waals surface area contributed by atoms with Gasteiger partial charge < -0.3 is 10.2 Å². The van der Waals surface area contributed by atoms with E-state index in [1.165, 1.54) is 0 Å². The highest BCUT2D eigenvalue weighted by atomic mass is 32.2. The van der Waals surface area contributed by atoms with Gasteiger partial charge in [-0.3, -0.25) is 4.79 Å². The first-order chi connectivity index (χ1) is 8.39. The Morgan fingerprint density at radius 1 is 1.33 bits per heavy atom. The molecule has 0 spiro atoms. The van der Waals surface area contributed by atoms with Crippen LogP contribution in [-0.2, 0) is 14.6 Å². The molecule has 0 aromatic rings. The van der Waals surface area contributed by atoms with Crippen LogP contribution in [0.15, 0.2) is 0 Å². The van der Waals surface area contributed by atoms with Gasteiger partial charge in [0.2, 0.25) is 5.91 Å². The third-order valence-electron chi connectivity index (χ3n) is 4.07. The second-order valence-electron chi connectivity index (χ2n) is 5.64. The summed E-state index contributed by atoms with van der Waals surface area (Å²) in [6.45, 7) is 3.02. The zero-order valence-corrected chi connectivity index (χ0v) is 11.9. The summed E-state index contributed by atoms with van der Waals surface area (Å²) in [6.07, 6.45) is 2.53. The maximum Gasteiger partial charge on any atom is 0.239 e. The number of hydrogen-bond acceptors (Lipinski definition) is 4. The number of nitrogens with one attached hydrogen (secondary N) is 1. The number of sulfone groups is 1. The van der Waals surface area contributed by atoms with Crippen LogP contribution in [0.1, 0.15) is 26.2 Å². The number of nitrogens with zero attached hydrogens (tertiary/aromatic N) is 1. The zero-order valence-electron chi connectivity index (χ0n) is 11.1. The number of hydrogen-bond donors (Lipinski definition) is 1. The molecule has 1 N–H and O–H groups in total. The Morgan fingerprint density at radius 2 is 2.06 bits per heavy atom. The summed E-state index contributed by atoms with van der Waals surface area (Å²) >= 11 is 0. The van der Waals surface area contributed by atoms with E-state index in [1.54, 1.807) is 11.9 Å². The quantitative estimate of drug-likeness (QED) is 0.771. The third kappa shape index (κ3) is 3.03. The fourth-order valence-electron chi connectivity index (χ4n) is 2.80. The van der Waals surface area contributed by atoms with E-state index in [-0.39, 0.29) is 29.5 Å². The Morgan fingerprint density at radius 3 is 2.61 bits per heavy atom. The maximum atomic E-state index is 12.3. The van der Waals surface area contributed by atoms with Crippen LogP contribution in [0.4, 0.5) is 0 Å². The van der Waals surface area contributed by atoms with Gasteiger partial charge in [-0.1, -0.05) is 6.92 Å². The SMILES string of the molecule is CC1CCNC(C(=O)N(C)C2CCS(=O)(=O)C2)C1. The molecule has 2 rings (SSSR count). The first-order valence-electron chi connectivity index (χ1n) is 6.59. The van der Waals surface area contributed by atoms with Crippen LogP contribution < -0.4 is 5.32 Å². The van der Waals surface area contributed by atoms with Crippen molar-refractivity contribution in [3.05, 3.63) is 0 Å². The molecule has 6 heteroatoms. The van der Waals surface area contributed by atoms with E-state index >= 15 is 0 Å². The molecule has 0 aromatic carbocycles. The number of likely N-dealkylation sites (N-methyl/N-ethyl adjacent to an activating group) is 1. The van der Waals surface area contributed by atoms with Crippen LogP contribution in [0.25, 0.3) is 0 Å². The van der Waals surface area contributed by atoms with Crippen molar-refractivity contribution in [2.45, 2.75) is 38.3 Å². The van der Waals surface area contributed by atoms with E-state index in [9.17, 15) is 13.2 Å². The Kier molecular flexibility index (Phi) is 3.96. The standard InChI is InChI=1S/C12H22N2O3S/c1-9-3-5-13-11(7-9)12(15)14(2)10-4-6-18(16,17)8-10/h9-11,13H,3-8H2,1-2H3. The summed E-state index contributed by atoms with van der Waals surface area (Å²) in [6, 6.07) is -0.274. The van der Waals surface area contributed by atoms with Crippen LogP contribution in [0.5, 0.6) is 0 Å². The lowest BCUT2D eigenvalue weighted by Crippen LogP contribution is -2.51. The van der Waals surface area contributed by atoms with Gasteiger partial charge in [0.1, 0.15) is 0 Å². The number of amides is 1. The van der Waals surface area contributed by atoms with Gasteiger partial charge >= 0.3 is 0 Å². The van der Waals surface area contributed by atoms with Crippen molar-refractivity contribution in [1.82, 2.24) is 10.2 Å². The van der Waals surface area contributed by atoms with Crippen molar-refractivity contribution >= 4 is 15.7 Å². The highest BCUT2D eigenvalue weighted by Crippen LogP contribution is 2.20. The van der Waals surface area contributed by atoms with Gasteiger partial charge in [0.25, 0.3) is 0 Å². The monoisotopic (exact) mass is 274 g/mol. The molecule has 0 bridgehead atoms. The Labute approximate surface area is 109 Å². The number of carbonyl (C=O) groups excluding carboxylic acids is 1. The molecule has 0 aliphatic carbocycles. The summed E-state index contributed by atoms with van der Waals surface area (Å²) in [7, 11) is -1.20. The normalized spacial score (nSPS) is 35.3. The molecule has 2 aliphatic heterocycles. The molecule has 104 valence electrons. The van der Waals surface area contributed by atoms with Gasteiger partial charge in [-0.2, -0.15) is 0 Å². The van der Waals surface area contributed by atoms with Gasteiger partial charge in [-0.05, 0) is 31.7 Å². The maximum absolute atomic E-state index is 12.3. The second kappa shape index (κ2) is 5.17. The van der Waals surface area contributed by atoms with Crippen molar-refractivity contribution in [3.8, 4) is 0 Å². The topological polar surface area (TPSA) is 66.5 Å². The molecule has 1 amide bonds. The minimum atomic E-state index is -2.93. The van der Waals surface area contributed by atoms with Crippen molar-refractivity contribution in [2.75, 3.05) is 25.1 Å². The number of carbonyl (C=O) groups is 1. The molecule has 18 heavy (non-hydrogen) atoms. The van der Waals surface area contributed by atoms with Gasteiger partial charge in [-0.15, -0.1) is 0 Å². The van der Waals surface area contributed by atoms with Crippen LogP contribution in [0.3, 0.4) is 0 Å². The summed E-state index contributed by atoms with van der Waals surface area (Å²) < 4.78 is 22.9. The molecule has 0 aromatic heterocycles. The summed E-state index contributed by atoms with van der Waals surface area (Å²) in [5.74, 6) is 0.936. The van der Waals surface area contributed by atoms with E-state index in [1.807, 2.05) is 0 Å². The smallest absolute Gasteiger partial charge is 0.239 e. The Bertz CT molecular complexity index is 421. The van der Waals surface area contributed by atoms with E-state index in [0.717, 1.165) is 19.4 Å². The zero-order chi connectivity index (χ0) is 13.3. The molecule has 2 saturated heterocycles. The summed E-state index contributed by atoms with van der Waals surface area (Å²) in [5, 5.41) is 3.23. The predicted molar refractivity (Wildman–Crippen MR) is 70.0 cm³/mol. The van der Waals surface area contributed by atoms with E-state index in [0.29, 0.717) is 12.3 Å². The number of piperidine rings is 1. The van der Waals surface area contributed by atoms with Crippen molar-refractivity contribution in [1.29, 1.82) is 0 Å². The van der Waals surface area contributed by atoms with Gasteiger partial charge in [0.15, 0.2) is 9.84 Å². The largest absolute Gasteiger partial charge is 0.340 e. The van der Waals surface area contributed by atoms with Crippen LogP contribution in [0, 0.1) is 5.92 Å². The average Bonchev–Trinajstić information content (AvgIpc) is 2.68. The minimum Gasteiger partial charge on any atom is -0.340 e. The van der Waals surface area contributed by atoms with E-state index in [4.69, 9.17) is 0 Å². The lowest BCUT2D eigenvalue weighted by Gasteiger charge is -2.32. The molecule has 2 fully saturated rings. The molecular formula is C12H22N2O3S. The van der Waals surface area contributed by atoms with Crippen molar-refractivity contribution in [2.24, 2.45) is 5.92 Å². The van der Waals surface area contributed by atoms with Crippen molar-refractivity contribution in [3.63, 3.8) is 0 Å². The minimum absolute atomic E-state index is 0.0450. The molecule has 3 atom stereocenters. The molecule has 3 unspecified atom stereocenters. The molecule has 0 radical (unpaired) electrons. The third-order valence-corrected chi connectivity index (χ3v) is 5.82. The molecule has 0 saturated carbocycles. The Hall–Kier alpha value is -0.620. The average molecular weight is 274 g/mol. The number of rotatable bonds is 2. The lowest BCUT2D eigenvalue weighted by molar-refractivity contribution is -0.134. The molecule has 2 heterocycles. The predicted octanol–water partition coefficient (Wildman–Crippen LogP) is 0.0200. The van der Waals surface area contributed by atoms with Gasteiger partial charge in [0.05, 0.1) is 17.5 Å². The fourth-order valence-corrected chi connectivity index (χ4v) is 4.58. The first kappa shape index (κ1) is 13.8. The molecule has 5 nitrogen and oxygen atoms in total. The fraction of sp³-hybridized carbons (Fsp3) is 0.917. The first-order valence-corrected chi connectivity index (χ1v) is 8.41. The van der Waals surface area contributed by atoms with Gasteiger partial charge in [-0.25, -0.2) is 8.42 Å². The lowest BCUT2D eigenvalue weighted by atomic mass is 9.93. The van der Waals surface area contributed by atoms with Gasteiger partial charge in [0, 0.05) is 13.1 Å². The summed E-state index contributed by atoms with van der Waals surface area (Å²) in [5.41, 5.74) is 0. The van der Waals surface area contributed by atoms with Crippen LogP contribution >= 0.6 is 0 Å². The highest BCUT2D eigenvalue weighted by Gasteiger charge is 2.35. The van der Waals surface area contributed by atoms with E-state index in [2.05, 4.69) is 12.2 Å². The Balaban J connectivity index is 1.96. The second-order valence-corrected chi connectivity index (χ2v) is 7.87. The van der Waals surface area contributed by atoms with Crippen LogP contribution in [0.2, 0.25) is 0 Å². The van der Waals surface area contributed by atoms with Crippen LogP contribution in [-0.4, -0.2) is 56.4 Å². The highest BCUT2D eigenvalue weighted by molar-refractivity contribution is 7.91. The molecule has 2 aliphatic rings. The summed E-state index contributed by atoms with van der Waals surface area (Å²) in [4.78, 5) is 13.9. The van der Waals surface area contributed by atoms with Crippen molar-refractivity contribution < 1.29 is 13.2 Å². The van der Waals surface area contributed by atoms with E-state index < -0.39 is 9.84 Å².